The lowest BCUT2D eigenvalue weighted by atomic mass is 10.2. The Bertz CT molecular complexity index is 633. The molecule has 1 N–H and O–H groups in total. The topological polar surface area (TPSA) is 60.7 Å². The van der Waals surface area contributed by atoms with Crippen LogP contribution in [0, 0.1) is 0 Å². The zero-order valence-corrected chi connectivity index (χ0v) is 11.3. The Balaban J connectivity index is 1.49. The van der Waals surface area contributed by atoms with Gasteiger partial charge in [0.05, 0.1) is 12.8 Å². The maximum Gasteiger partial charge on any atom is 0.244 e. The quantitative estimate of drug-likeness (QED) is 0.875. The summed E-state index contributed by atoms with van der Waals surface area (Å²) in [6.07, 6.45) is 4.41. The number of rotatable bonds is 4. The number of hydrogen-bond donors (Lipinski definition) is 1. The van der Waals surface area contributed by atoms with E-state index in [0.717, 1.165) is 5.75 Å². The van der Waals surface area contributed by atoms with Gasteiger partial charge in [-0.3, -0.25) is 4.79 Å². The number of amides is 1. The van der Waals surface area contributed by atoms with Crippen LogP contribution in [0.5, 0.6) is 11.5 Å². The van der Waals surface area contributed by atoms with Gasteiger partial charge in [-0.15, -0.1) is 0 Å². The van der Waals surface area contributed by atoms with Gasteiger partial charge in [-0.05, 0) is 30.3 Å². The Morgan fingerprint density at radius 2 is 2.10 bits per heavy atom. The fraction of sp³-hybridized carbons (Fsp3) is 0.188. The van der Waals surface area contributed by atoms with Crippen molar-refractivity contribution >= 4 is 12.0 Å². The van der Waals surface area contributed by atoms with E-state index in [1.54, 1.807) is 24.5 Å². The molecule has 2 aromatic rings. The van der Waals surface area contributed by atoms with Crippen molar-refractivity contribution in [3.63, 3.8) is 0 Å². The third kappa shape index (κ3) is 3.45. The first-order valence-electron chi connectivity index (χ1n) is 6.69. The summed E-state index contributed by atoms with van der Waals surface area (Å²) in [5.41, 5.74) is 0. The fourth-order valence-corrected chi connectivity index (χ4v) is 1.98. The molecule has 0 radical (unpaired) electrons. The molecule has 0 bridgehead atoms. The third-order valence-corrected chi connectivity index (χ3v) is 3.01. The number of hydrogen-bond acceptors (Lipinski definition) is 4. The van der Waals surface area contributed by atoms with Crippen molar-refractivity contribution in [2.24, 2.45) is 0 Å². The van der Waals surface area contributed by atoms with Crippen LogP contribution in [0.15, 0.2) is 53.2 Å². The molecular weight excluding hydrogens is 270 g/mol. The molecule has 5 nitrogen and oxygen atoms in total. The zero-order valence-electron chi connectivity index (χ0n) is 11.3. The normalized spacial score (nSPS) is 16.9. The average molecular weight is 285 g/mol. The van der Waals surface area contributed by atoms with Crippen LogP contribution in [-0.4, -0.2) is 25.2 Å². The smallest absolute Gasteiger partial charge is 0.244 e. The molecule has 1 aliphatic heterocycles. The molecule has 1 atom stereocenters. The molecule has 0 spiro atoms. The van der Waals surface area contributed by atoms with E-state index in [1.165, 1.54) is 6.08 Å². The molecule has 0 aliphatic carbocycles. The number of benzene rings is 1. The van der Waals surface area contributed by atoms with Gasteiger partial charge in [0.1, 0.15) is 18.5 Å². The second-order valence-corrected chi connectivity index (χ2v) is 4.59. The van der Waals surface area contributed by atoms with Crippen LogP contribution in [0.2, 0.25) is 0 Å². The summed E-state index contributed by atoms with van der Waals surface area (Å²) < 4.78 is 16.4. The predicted molar refractivity (Wildman–Crippen MR) is 77.1 cm³/mol. The maximum atomic E-state index is 11.7. The van der Waals surface area contributed by atoms with Gasteiger partial charge >= 0.3 is 0 Å². The standard InChI is InChI=1S/C16H15NO4/c18-16(8-7-12-4-3-9-19-12)17-10-13-11-20-14-5-1-2-6-15(14)21-13/h1-9,13H,10-11H2,(H,17,18)/b8-7-/t13-/m0/s1. The van der Waals surface area contributed by atoms with Crippen molar-refractivity contribution in [3.8, 4) is 11.5 Å². The highest BCUT2D eigenvalue weighted by atomic mass is 16.6. The Labute approximate surface area is 122 Å². The van der Waals surface area contributed by atoms with Crippen molar-refractivity contribution < 1.29 is 18.7 Å². The molecule has 5 heteroatoms. The van der Waals surface area contributed by atoms with E-state index in [4.69, 9.17) is 13.9 Å². The largest absolute Gasteiger partial charge is 0.486 e. The lowest BCUT2D eigenvalue weighted by Gasteiger charge is -2.26. The van der Waals surface area contributed by atoms with E-state index in [1.807, 2.05) is 24.3 Å². The highest BCUT2D eigenvalue weighted by Crippen LogP contribution is 2.30. The lowest BCUT2D eigenvalue weighted by molar-refractivity contribution is -0.116. The van der Waals surface area contributed by atoms with Crippen molar-refractivity contribution in [1.82, 2.24) is 5.32 Å². The highest BCUT2D eigenvalue weighted by Gasteiger charge is 2.20. The Morgan fingerprint density at radius 3 is 2.90 bits per heavy atom. The van der Waals surface area contributed by atoms with Gasteiger partial charge in [-0.2, -0.15) is 0 Å². The van der Waals surface area contributed by atoms with Gasteiger partial charge < -0.3 is 19.2 Å². The second kappa shape index (κ2) is 6.17. The van der Waals surface area contributed by atoms with Gasteiger partial charge in [-0.25, -0.2) is 0 Å². The fourth-order valence-electron chi connectivity index (χ4n) is 1.98. The van der Waals surface area contributed by atoms with E-state index in [9.17, 15) is 4.79 Å². The van der Waals surface area contributed by atoms with Gasteiger partial charge in [0, 0.05) is 6.08 Å². The summed E-state index contributed by atoms with van der Waals surface area (Å²) in [4.78, 5) is 11.7. The Kier molecular flexibility index (Phi) is 3.91. The lowest BCUT2D eigenvalue weighted by Crippen LogP contribution is -2.40. The number of fused-ring (bicyclic) bond motifs is 1. The summed E-state index contributed by atoms with van der Waals surface area (Å²) >= 11 is 0. The molecule has 0 fully saturated rings. The number of furan rings is 1. The minimum absolute atomic E-state index is 0.194. The molecule has 1 amide bonds. The SMILES string of the molecule is O=C(/C=C\c1ccco1)NC[C@H]1COc2ccccc2O1. The molecule has 1 aromatic carbocycles. The van der Waals surface area contributed by atoms with Crippen LogP contribution >= 0.6 is 0 Å². The Morgan fingerprint density at radius 1 is 1.24 bits per heavy atom. The van der Waals surface area contributed by atoms with Crippen LogP contribution in [0.25, 0.3) is 6.08 Å². The van der Waals surface area contributed by atoms with E-state index in [0.29, 0.717) is 24.7 Å². The minimum atomic E-state index is -0.200. The first kappa shape index (κ1) is 13.3. The summed E-state index contributed by atoms with van der Waals surface area (Å²) in [5, 5.41) is 2.77. The van der Waals surface area contributed by atoms with Crippen LogP contribution in [0.3, 0.4) is 0 Å². The molecule has 108 valence electrons. The van der Waals surface area contributed by atoms with Gasteiger partial charge in [-0.1, -0.05) is 12.1 Å². The Hall–Kier alpha value is -2.69. The molecule has 0 saturated heterocycles. The zero-order chi connectivity index (χ0) is 14.5. The number of ether oxygens (including phenoxy) is 2. The molecule has 0 unspecified atom stereocenters. The molecule has 1 aromatic heterocycles. The van der Waals surface area contributed by atoms with E-state index in [-0.39, 0.29) is 12.0 Å². The monoisotopic (exact) mass is 285 g/mol. The van der Waals surface area contributed by atoms with E-state index < -0.39 is 0 Å². The molecule has 21 heavy (non-hydrogen) atoms. The van der Waals surface area contributed by atoms with E-state index >= 15 is 0 Å². The summed E-state index contributed by atoms with van der Waals surface area (Å²) in [7, 11) is 0. The van der Waals surface area contributed by atoms with Gasteiger partial charge in [0.25, 0.3) is 0 Å². The highest BCUT2D eigenvalue weighted by molar-refractivity contribution is 5.91. The maximum absolute atomic E-state index is 11.7. The summed E-state index contributed by atoms with van der Waals surface area (Å²) in [5.74, 6) is 1.87. The molecule has 2 heterocycles. The van der Waals surface area contributed by atoms with Crippen molar-refractivity contribution in [1.29, 1.82) is 0 Å². The molecular formula is C16H15NO4. The van der Waals surface area contributed by atoms with Crippen LogP contribution in [0.4, 0.5) is 0 Å². The van der Waals surface area contributed by atoms with E-state index in [2.05, 4.69) is 5.32 Å². The van der Waals surface area contributed by atoms with Crippen LogP contribution in [0.1, 0.15) is 5.76 Å². The second-order valence-electron chi connectivity index (χ2n) is 4.59. The number of nitrogens with one attached hydrogen (secondary N) is 1. The summed E-state index contributed by atoms with van der Waals surface area (Å²) in [6, 6.07) is 11.0. The van der Waals surface area contributed by atoms with Crippen molar-refractivity contribution in [2.75, 3.05) is 13.2 Å². The van der Waals surface area contributed by atoms with Crippen molar-refractivity contribution in [3.05, 3.63) is 54.5 Å². The van der Waals surface area contributed by atoms with Gasteiger partial charge in [0.2, 0.25) is 5.91 Å². The minimum Gasteiger partial charge on any atom is -0.486 e. The molecule has 0 saturated carbocycles. The molecule has 1 aliphatic rings. The van der Waals surface area contributed by atoms with Crippen LogP contribution in [-0.2, 0) is 4.79 Å². The summed E-state index contributed by atoms with van der Waals surface area (Å²) in [6.45, 7) is 0.800. The first-order valence-corrected chi connectivity index (χ1v) is 6.69. The number of para-hydroxylation sites is 2. The number of carbonyl (C=O) groups is 1. The van der Waals surface area contributed by atoms with Crippen LogP contribution < -0.4 is 14.8 Å². The van der Waals surface area contributed by atoms with Gasteiger partial charge in [0.15, 0.2) is 11.5 Å². The van der Waals surface area contributed by atoms with Crippen molar-refractivity contribution in [2.45, 2.75) is 6.10 Å². The number of carbonyl (C=O) groups excluding carboxylic acids is 1. The third-order valence-electron chi connectivity index (χ3n) is 3.01. The predicted octanol–water partition coefficient (Wildman–Crippen LogP) is 2.25. The molecule has 3 rings (SSSR count). The average Bonchev–Trinajstić information content (AvgIpc) is 3.04. The first-order chi connectivity index (χ1) is 10.3.